The average molecular weight is 964 g/mol. The van der Waals surface area contributed by atoms with Crippen molar-refractivity contribution in [3.8, 4) is 0 Å². The first-order chi connectivity index (χ1) is 32.0. The van der Waals surface area contributed by atoms with Crippen LogP contribution >= 0.6 is 0 Å². The van der Waals surface area contributed by atoms with E-state index in [4.69, 9.17) is 38.0 Å². The second-order valence-corrected chi connectivity index (χ2v) is 20.7. The van der Waals surface area contributed by atoms with Crippen molar-refractivity contribution in [1.82, 2.24) is 9.80 Å². The fourth-order valence-corrected chi connectivity index (χ4v) is 10.7. The van der Waals surface area contributed by atoms with E-state index < -0.39 is 108 Å². The largest absolute Gasteiger partial charge is 0.459 e. The molecule has 0 aliphatic carbocycles. The Hall–Kier alpha value is -2.62. The van der Waals surface area contributed by atoms with Gasteiger partial charge in [0, 0.05) is 63.5 Å². The molecule has 4 aliphatic rings. The van der Waals surface area contributed by atoms with E-state index in [9.17, 15) is 30.3 Å². The maximum Gasteiger partial charge on any atom is 0.311 e. The second kappa shape index (κ2) is 24.7. The van der Waals surface area contributed by atoms with E-state index in [0.717, 1.165) is 25.2 Å². The zero-order valence-corrected chi connectivity index (χ0v) is 42.7. The van der Waals surface area contributed by atoms with Crippen molar-refractivity contribution >= 4 is 11.7 Å². The van der Waals surface area contributed by atoms with Crippen LogP contribution in [0.5, 0.6) is 0 Å². The molecule has 17 nitrogen and oxygen atoms in total. The van der Waals surface area contributed by atoms with Crippen LogP contribution in [0.3, 0.4) is 0 Å². The predicted octanol–water partition coefficient (Wildman–Crippen LogP) is 4.05. The summed E-state index contributed by atoms with van der Waals surface area (Å²) in [6, 6.07) is 9.58. The number of aliphatic hydroxyl groups excluding tert-OH is 3. The van der Waals surface area contributed by atoms with Gasteiger partial charge in [-0.1, -0.05) is 69.3 Å². The Bertz CT molecular complexity index is 1760. The number of methoxy groups -OCH3 is 1. The van der Waals surface area contributed by atoms with Gasteiger partial charge < -0.3 is 63.5 Å². The van der Waals surface area contributed by atoms with Crippen LogP contribution in [0.15, 0.2) is 47.6 Å². The van der Waals surface area contributed by atoms with Crippen molar-refractivity contribution in [3.05, 3.63) is 48.0 Å². The van der Waals surface area contributed by atoms with Crippen LogP contribution in [0.2, 0.25) is 0 Å². The molecule has 1 aromatic carbocycles. The summed E-state index contributed by atoms with van der Waals surface area (Å²) in [6.45, 7) is 21.7. The first kappa shape index (κ1) is 56.3. The maximum atomic E-state index is 14.6. The van der Waals surface area contributed by atoms with Crippen molar-refractivity contribution in [1.29, 1.82) is 0 Å². The third-order valence-corrected chi connectivity index (χ3v) is 15.0. The van der Waals surface area contributed by atoms with E-state index in [2.05, 4.69) is 15.0 Å². The quantitative estimate of drug-likeness (QED) is 0.0771. The predicted molar refractivity (Wildman–Crippen MR) is 255 cm³/mol. The summed E-state index contributed by atoms with van der Waals surface area (Å²) in [7, 11) is 3.45. The molecule has 0 unspecified atom stereocenters. The van der Waals surface area contributed by atoms with E-state index in [1.165, 1.54) is 14.0 Å². The molecule has 5 rings (SSSR count). The molecule has 17 heteroatoms. The van der Waals surface area contributed by atoms with Crippen LogP contribution in [-0.4, -0.2) is 185 Å². The second-order valence-electron chi connectivity index (χ2n) is 20.7. The number of oxime groups is 1. The van der Waals surface area contributed by atoms with Gasteiger partial charge in [0.15, 0.2) is 12.6 Å². The molecule has 68 heavy (non-hydrogen) atoms. The van der Waals surface area contributed by atoms with Gasteiger partial charge in [0.05, 0.1) is 66.6 Å². The Morgan fingerprint density at radius 2 is 1.59 bits per heavy atom. The number of hydrogen-bond acceptors (Lipinski definition) is 17. The molecule has 4 saturated heterocycles. The Morgan fingerprint density at radius 3 is 2.24 bits per heavy atom. The van der Waals surface area contributed by atoms with E-state index >= 15 is 0 Å². The summed E-state index contributed by atoms with van der Waals surface area (Å²) in [5.41, 5.74) is -3.38. The minimum atomic E-state index is -1.96. The first-order valence-corrected chi connectivity index (χ1v) is 24.8. The minimum Gasteiger partial charge on any atom is -0.459 e. The summed E-state index contributed by atoms with van der Waals surface area (Å²) in [5.74, 6) is -4.12. The molecule has 388 valence electrons. The number of cyclic esters (lactones) is 1. The monoisotopic (exact) mass is 964 g/mol. The number of likely N-dealkylation sites (N-methyl/N-ethyl adjacent to an activating group) is 1. The highest BCUT2D eigenvalue weighted by Crippen LogP contribution is 2.41. The number of hydrogen-bond donors (Lipinski definition) is 5. The zero-order valence-electron chi connectivity index (χ0n) is 42.7. The van der Waals surface area contributed by atoms with E-state index in [0.29, 0.717) is 31.9 Å². The molecule has 1 aromatic rings. The summed E-state index contributed by atoms with van der Waals surface area (Å²) in [6.07, 6.45) is -5.79. The number of nitrogens with zero attached hydrogens (tertiary/aromatic N) is 3. The third-order valence-electron chi connectivity index (χ3n) is 15.0. The number of ether oxygens (including phenoxy) is 7. The molecule has 0 saturated carbocycles. The summed E-state index contributed by atoms with van der Waals surface area (Å²) in [4.78, 5) is 24.8. The lowest BCUT2D eigenvalue weighted by Crippen LogP contribution is -2.61. The first-order valence-electron chi connectivity index (χ1n) is 24.8. The highest BCUT2D eigenvalue weighted by atomic mass is 16.7. The highest BCUT2D eigenvalue weighted by Gasteiger charge is 2.53. The maximum absolute atomic E-state index is 14.6. The number of aliphatic hydroxyl groups is 5. The number of morpholine rings is 1. The lowest BCUT2D eigenvalue weighted by molar-refractivity contribution is -0.318. The summed E-state index contributed by atoms with van der Waals surface area (Å²) in [5, 5.41) is 65.1. The summed E-state index contributed by atoms with van der Waals surface area (Å²) >= 11 is 0. The Balaban J connectivity index is 1.56. The Labute approximate surface area is 405 Å². The normalized spacial score (nSPS) is 42.5. The average Bonchev–Trinajstić information content (AvgIpc) is 3.30. The van der Waals surface area contributed by atoms with Crippen molar-refractivity contribution in [3.63, 3.8) is 0 Å². The molecular weight excluding hydrogens is 879 g/mol. The zero-order chi connectivity index (χ0) is 50.1. The molecule has 5 N–H and O–H groups in total. The molecule has 0 bridgehead atoms. The van der Waals surface area contributed by atoms with Crippen LogP contribution in [0.1, 0.15) is 100 Å². The fraction of sp³-hybridized carbons (Fsp3) is 0.804. The van der Waals surface area contributed by atoms with E-state index in [1.54, 1.807) is 48.5 Å². The van der Waals surface area contributed by atoms with Gasteiger partial charge in [0.2, 0.25) is 0 Å². The van der Waals surface area contributed by atoms with Gasteiger partial charge in [-0.3, -0.25) is 14.6 Å². The van der Waals surface area contributed by atoms with Gasteiger partial charge in [0.25, 0.3) is 0 Å². The van der Waals surface area contributed by atoms with Gasteiger partial charge in [-0.25, -0.2) is 0 Å². The molecule has 0 aromatic heterocycles. The lowest BCUT2D eigenvalue weighted by Gasteiger charge is -2.49. The molecular formula is C51H85N3O14. The van der Waals surface area contributed by atoms with Crippen LogP contribution in [-0.2, 0) is 49.3 Å². The topological polar surface area (TPSA) is 211 Å². The molecule has 4 aliphatic heterocycles. The number of carbonyl (C=O) groups excluding carboxylic acids is 1. The standard InChI is InChI=1S/C51H85N3O14/c1-13-39-51(10,60)44(56)33(4)41(52-63-24-18-17-21-54-22-25-62-26-23-54)31(2)28-49(8,59)46(68-48-42(55)38(27-32(3)64-48)53(11)30-37-19-15-14-16-20-37)34(5)43(35(6)47(58)66-39)67-40-29-50(9,61-12)45(57)36(7)65-40/h14-20,31-36,38-40,42-46,48,55-57,59-60H,13,21-30H2,1-12H3/b18-17+,52-41+/t31-,32-,33+,34+,35-,36+,38+,39-,40+,42-,43+,44-,45+,46-,48+,49+,50-,51-/m1/s1. The van der Waals surface area contributed by atoms with Crippen LogP contribution in [0.4, 0.5) is 0 Å². The molecule has 18 atom stereocenters. The van der Waals surface area contributed by atoms with Gasteiger partial charge in [-0.15, -0.1) is 0 Å². The number of carbonyl (C=O) groups is 1. The molecule has 4 fully saturated rings. The van der Waals surface area contributed by atoms with Gasteiger partial charge in [0.1, 0.15) is 30.5 Å². The molecule has 4 heterocycles. The molecule has 0 spiro atoms. The number of esters is 1. The Kier molecular flexibility index (Phi) is 20.4. The van der Waals surface area contributed by atoms with Crippen molar-refractivity contribution in [2.45, 2.75) is 186 Å². The van der Waals surface area contributed by atoms with Crippen molar-refractivity contribution < 1.29 is 68.3 Å². The third kappa shape index (κ3) is 13.9. The van der Waals surface area contributed by atoms with Crippen molar-refractivity contribution in [2.24, 2.45) is 28.8 Å². The molecule has 0 radical (unpaired) electrons. The van der Waals surface area contributed by atoms with Crippen molar-refractivity contribution in [2.75, 3.05) is 53.6 Å². The number of benzene rings is 1. The smallest absolute Gasteiger partial charge is 0.311 e. The van der Waals surface area contributed by atoms with E-state index in [-0.39, 0.29) is 32.0 Å². The number of rotatable bonds is 14. The SMILES string of the molecule is CC[C@H]1OC(=O)[C@H](C)[C@@H](O[C@H]2C[C@@](C)(OC)[C@@H](O)[C@H](C)O2)[C@H](C)[C@@H](O[C@@H]2O[C@H](C)C[C@H](N(C)Cc3ccccc3)[C@H]2O)[C@@](C)(O)C[C@@H](C)/C(=N\OC/C=C/CN2CCOCC2)[C@H](C)[C@@H](O)[C@]1(C)O. The summed E-state index contributed by atoms with van der Waals surface area (Å²) < 4.78 is 43.8. The van der Waals surface area contributed by atoms with Crippen LogP contribution in [0, 0.1) is 23.7 Å². The van der Waals surface area contributed by atoms with E-state index in [1.807, 2.05) is 63.4 Å². The lowest BCUT2D eigenvalue weighted by atomic mass is 9.73. The van der Waals surface area contributed by atoms with Gasteiger partial charge in [-0.05, 0) is 79.5 Å². The Morgan fingerprint density at radius 1 is 0.912 bits per heavy atom. The minimum absolute atomic E-state index is 0.0143. The fourth-order valence-electron chi connectivity index (χ4n) is 10.7. The molecule has 0 amide bonds. The van der Waals surface area contributed by atoms with Crippen LogP contribution in [0.25, 0.3) is 0 Å². The van der Waals surface area contributed by atoms with Gasteiger partial charge >= 0.3 is 5.97 Å². The van der Waals surface area contributed by atoms with Gasteiger partial charge in [-0.2, -0.15) is 0 Å². The highest BCUT2D eigenvalue weighted by molar-refractivity contribution is 5.88. The van der Waals surface area contributed by atoms with Crippen LogP contribution < -0.4 is 0 Å².